The molecule has 0 amide bonds. The summed E-state index contributed by atoms with van der Waals surface area (Å²) in [5.41, 5.74) is 1.04. The Morgan fingerprint density at radius 1 is 1.05 bits per heavy atom. The zero-order valence-corrected chi connectivity index (χ0v) is 12.7. The molecule has 1 aromatic rings. The summed E-state index contributed by atoms with van der Waals surface area (Å²) in [6.45, 7) is 3.52. The number of halogens is 1. The van der Waals surface area contributed by atoms with Gasteiger partial charge in [0.1, 0.15) is 0 Å². The monoisotopic (exact) mass is 291 g/mol. The van der Waals surface area contributed by atoms with E-state index < -0.39 is 5.82 Å². The van der Waals surface area contributed by atoms with Gasteiger partial charge < -0.3 is 10.0 Å². The third-order valence-electron chi connectivity index (χ3n) is 5.27. The molecule has 0 bridgehead atoms. The van der Waals surface area contributed by atoms with Gasteiger partial charge in [0.25, 0.3) is 0 Å². The summed E-state index contributed by atoms with van der Waals surface area (Å²) in [4.78, 5) is 2.60. The maximum atomic E-state index is 13.5. The molecule has 0 radical (unpaired) electrons. The predicted octanol–water partition coefficient (Wildman–Crippen LogP) is 4.29. The first-order valence-electron chi connectivity index (χ1n) is 8.43. The van der Waals surface area contributed by atoms with E-state index in [0.29, 0.717) is 5.92 Å². The summed E-state index contributed by atoms with van der Waals surface area (Å²) in [5.74, 6) is 0.620. The summed E-state index contributed by atoms with van der Waals surface area (Å²) in [6.07, 6.45) is 9.27. The van der Waals surface area contributed by atoms with Crippen molar-refractivity contribution < 1.29 is 9.50 Å². The van der Waals surface area contributed by atoms with Crippen molar-refractivity contribution in [1.29, 1.82) is 0 Å². The first-order valence-corrected chi connectivity index (χ1v) is 8.43. The fourth-order valence-electron chi connectivity index (χ4n) is 3.96. The molecule has 3 heteroatoms. The van der Waals surface area contributed by atoms with Gasteiger partial charge in [0.05, 0.1) is 0 Å². The Morgan fingerprint density at radius 3 is 2.43 bits per heavy atom. The molecule has 1 aliphatic heterocycles. The fraction of sp³-hybridized carbons (Fsp3) is 0.667. The van der Waals surface area contributed by atoms with E-state index in [4.69, 9.17) is 0 Å². The highest BCUT2D eigenvalue weighted by Gasteiger charge is 2.24. The number of likely N-dealkylation sites (tertiary alicyclic amines) is 1. The maximum Gasteiger partial charge on any atom is 0.165 e. The van der Waals surface area contributed by atoms with Crippen LogP contribution < -0.4 is 0 Å². The third-order valence-corrected chi connectivity index (χ3v) is 5.27. The second-order valence-electron chi connectivity index (χ2n) is 6.79. The molecule has 1 saturated heterocycles. The van der Waals surface area contributed by atoms with Crippen LogP contribution >= 0.6 is 0 Å². The quantitative estimate of drug-likeness (QED) is 0.898. The molecule has 2 nitrogen and oxygen atoms in total. The minimum Gasteiger partial charge on any atom is -0.505 e. The Hall–Kier alpha value is -1.09. The Labute approximate surface area is 127 Å². The SMILES string of the molecule is Oc1ccc(C2CCN(CC3CCCCC3)CC2)cc1F. The second-order valence-corrected chi connectivity index (χ2v) is 6.79. The smallest absolute Gasteiger partial charge is 0.165 e. The summed E-state index contributed by atoms with van der Waals surface area (Å²) in [7, 11) is 0. The Kier molecular flexibility index (Phi) is 4.79. The molecular formula is C18H26FNO. The van der Waals surface area contributed by atoms with Gasteiger partial charge in [-0.3, -0.25) is 0 Å². The van der Waals surface area contributed by atoms with Crippen LogP contribution in [0.25, 0.3) is 0 Å². The molecule has 2 fully saturated rings. The first kappa shape index (κ1) is 14.8. The van der Waals surface area contributed by atoms with Crippen molar-refractivity contribution >= 4 is 0 Å². The van der Waals surface area contributed by atoms with Crippen molar-refractivity contribution in [1.82, 2.24) is 4.90 Å². The molecule has 0 aromatic heterocycles. The molecule has 3 rings (SSSR count). The van der Waals surface area contributed by atoms with E-state index >= 15 is 0 Å². The standard InChI is InChI=1S/C18H26FNO/c19-17-12-16(6-7-18(17)21)15-8-10-20(11-9-15)13-14-4-2-1-3-5-14/h6-7,12,14-15,21H,1-5,8-11,13H2. The second kappa shape index (κ2) is 6.78. The van der Waals surface area contributed by atoms with Gasteiger partial charge >= 0.3 is 0 Å². The van der Waals surface area contributed by atoms with E-state index in [1.165, 1.54) is 50.8 Å². The summed E-state index contributed by atoms with van der Waals surface area (Å²) in [6, 6.07) is 4.87. The van der Waals surface area contributed by atoms with Crippen LogP contribution in [0, 0.1) is 11.7 Å². The van der Waals surface area contributed by atoms with Gasteiger partial charge in [-0.15, -0.1) is 0 Å². The Bertz CT molecular complexity index is 462. The molecule has 1 heterocycles. The molecule has 1 saturated carbocycles. The van der Waals surface area contributed by atoms with Gasteiger partial charge in [0.2, 0.25) is 0 Å². The lowest BCUT2D eigenvalue weighted by molar-refractivity contribution is 0.164. The molecule has 1 aliphatic carbocycles. The van der Waals surface area contributed by atoms with Crippen molar-refractivity contribution in [2.45, 2.75) is 50.9 Å². The minimum atomic E-state index is -0.489. The number of phenolic OH excluding ortho intramolecular Hbond substituents is 1. The molecule has 1 N–H and O–H groups in total. The van der Waals surface area contributed by atoms with Crippen molar-refractivity contribution in [3.05, 3.63) is 29.6 Å². The summed E-state index contributed by atoms with van der Waals surface area (Å²) in [5, 5.41) is 9.28. The zero-order valence-electron chi connectivity index (χ0n) is 12.7. The lowest BCUT2D eigenvalue weighted by atomic mass is 9.86. The van der Waals surface area contributed by atoms with Gasteiger partial charge in [-0.25, -0.2) is 4.39 Å². The number of nitrogens with zero attached hydrogens (tertiary/aromatic N) is 1. The van der Waals surface area contributed by atoms with E-state index in [2.05, 4.69) is 4.90 Å². The molecule has 0 unspecified atom stereocenters. The van der Waals surface area contributed by atoms with E-state index in [-0.39, 0.29) is 5.75 Å². The van der Waals surface area contributed by atoms with Crippen LogP contribution in [0.3, 0.4) is 0 Å². The van der Waals surface area contributed by atoms with Crippen molar-refractivity contribution in [2.24, 2.45) is 5.92 Å². The van der Waals surface area contributed by atoms with Crippen LogP contribution in [0.2, 0.25) is 0 Å². The van der Waals surface area contributed by atoms with Crippen LogP contribution in [0.1, 0.15) is 56.4 Å². The number of benzene rings is 1. The zero-order chi connectivity index (χ0) is 14.7. The summed E-state index contributed by atoms with van der Waals surface area (Å²) >= 11 is 0. The number of hydrogen-bond acceptors (Lipinski definition) is 2. The first-order chi connectivity index (χ1) is 10.2. The number of hydrogen-bond donors (Lipinski definition) is 1. The highest BCUT2D eigenvalue weighted by Crippen LogP contribution is 2.32. The molecule has 2 aliphatic rings. The number of rotatable bonds is 3. The van der Waals surface area contributed by atoms with E-state index in [1.807, 2.05) is 6.07 Å². The molecule has 0 atom stereocenters. The normalized spacial score (nSPS) is 22.5. The lowest BCUT2D eigenvalue weighted by Crippen LogP contribution is -2.37. The van der Waals surface area contributed by atoms with E-state index in [1.54, 1.807) is 0 Å². The van der Waals surface area contributed by atoms with Crippen molar-refractivity contribution in [3.8, 4) is 5.75 Å². The average molecular weight is 291 g/mol. The van der Waals surface area contributed by atoms with Crippen LogP contribution in [0.15, 0.2) is 18.2 Å². The van der Waals surface area contributed by atoms with Crippen LogP contribution in [0.4, 0.5) is 4.39 Å². The average Bonchev–Trinajstić information content (AvgIpc) is 2.52. The fourth-order valence-corrected chi connectivity index (χ4v) is 3.96. The van der Waals surface area contributed by atoms with Gasteiger partial charge in [-0.05, 0) is 68.3 Å². The topological polar surface area (TPSA) is 23.5 Å². The van der Waals surface area contributed by atoms with Gasteiger partial charge in [0, 0.05) is 6.54 Å². The van der Waals surface area contributed by atoms with Gasteiger partial charge in [-0.1, -0.05) is 25.3 Å². The molecule has 116 valence electrons. The van der Waals surface area contributed by atoms with Gasteiger partial charge in [0.15, 0.2) is 11.6 Å². The van der Waals surface area contributed by atoms with E-state index in [0.717, 1.165) is 37.4 Å². The van der Waals surface area contributed by atoms with Crippen LogP contribution in [0.5, 0.6) is 5.75 Å². The Morgan fingerprint density at radius 2 is 1.76 bits per heavy atom. The molecular weight excluding hydrogens is 265 g/mol. The number of piperidine rings is 1. The third kappa shape index (κ3) is 3.76. The predicted molar refractivity (Wildman–Crippen MR) is 83.1 cm³/mol. The molecule has 1 aromatic carbocycles. The van der Waals surface area contributed by atoms with Crippen LogP contribution in [-0.4, -0.2) is 29.6 Å². The minimum absolute atomic E-state index is 0.242. The number of phenols is 1. The van der Waals surface area contributed by atoms with Crippen molar-refractivity contribution in [3.63, 3.8) is 0 Å². The highest BCUT2D eigenvalue weighted by atomic mass is 19.1. The largest absolute Gasteiger partial charge is 0.505 e. The maximum absolute atomic E-state index is 13.5. The molecule has 21 heavy (non-hydrogen) atoms. The lowest BCUT2D eigenvalue weighted by Gasteiger charge is -2.35. The van der Waals surface area contributed by atoms with Crippen molar-refractivity contribution in [2.75, 3.05) is 19.6 Å². The Balaban J connectivity index is 1.51. The highest BCUT2D eigenvalue weighted by molar-refractivity contribution is 5.30. The van der Waals surface area contributed by atoms with Crippen LogP contribution in [-0.2, 0) is 0 Å². The van der Waals surface area contributed by atoms with E-state index in [9.17, 15) is 9.50 Å². The molecule has 0 spiro atoms. The number of aromatic hydroxyl groups is 1. The summed E-state index contributed by atoms with van der Waals surface area (Å²) < 4.78 is 13.5. The van der Waals surface area contributed by atoms with Gasteiger partial charge in [-0.2, -0.15) is 0 Å².